The van der Waals surface area contributed by atoms with Crippen LogP contribution in [0.2, 0.25) is 0 Å². The Morgan fingerprint density at radius 2 is 1.94 bits per heavy atom. The highest BCUT2D eigenvalue weighted by Crippen LogP contribution is 2.42. The molecule has 0 amide bonds. The van der Waals surface area contributed by atoms with Crippen LogP contribution in [0.3, 0.4) is 0 Å². The van der Waals surface area contributed by atoms with Crippen LogP contribution in [0, 0.1) is 5.92 Å². The lowest BCUT2D eigenvalue weighted by molar-refractivity contribution is -0.104. The van der Waals surface area contributed by atoms with Crippen LogP contribution in [0.15, 0.2) is 30.3 Å². The quantitative estimate of drug-likeness (QED) is 0.885. The largest absolute Gasteiger partial charge is 0.390 e. The van der Waals surface area contributed by atoms with E-state index in [0.29, 0.717) is 5.92 Å². The van der Waals surface area contributed by atoms with Gasteiger partial charge in [-0.2, -0.15) is 0 Å². The van der Waals surface area contributed by atoms with Gasteiger partial charge in [-0.3, -0.25) is 4.90 Å². The lowest BCUT2D eigenvalue weighted by atomic mass is 9.68. The molecule has 98 valence electrons. The van der Waals surface area contributed by atoms with Crippen LogP contribution < -0.4 is 0 Å². The Bertz CT molecular complexity index is 385. The zero-order valence-electron chi connectivity index (χ0n) is 11.0. The molecular formula is C16H23NO. The van der Waals surface area contributed by atoms with Gasteiger partial charge in [-0.25, -0.2) is 0 Å². The molecule has 1 aromatic rings. The van der Waals surface area contributed by atoms with E-state index < -0.39 is 0 Å². The molecule has 0 aromatic heterocycles. The minimum atomic E-state index is -0.324. The first-order valence-electron chi connectivity index (χ1n) is 7.25. The molecular weight excluding hydrogens is 222 g/mol. The van der Waals surface area contributed by atoms with Crippen LogP contribution in [0.25, 0.3) is 0 Å². The van der Waals surface area contributed by atoms with Crippen molar-refractivity contribution in [3.05, 3.63) is 35.9 Å². The lowest BCUT2D eigenvalue weighted by Crippen LogP contribution is -2.51. The molecule has 0 bridgehead atoms. The van der Waals surface area contributed by atoms with Crippen LogP contribution in [0.1, 0.15) is 37.7 Å². The fraction of sp³-hybridized carbons (Fsp3) is 0.625. The summed E-state index contributed by atoms with van der Waals surface area (Å²) in [6.07, 6.45) is 5.71. The van der Waals surface area contributed by atoms with Crippen molar-refractivity contribution in [1.29, 1.82) is 0 Å². The average molecular weight is 245 g/mol. The van der Waals surface area contributed by atoms with Crippen molar-refractivity contribution in [3.63, 3.8) is 0 Å². The first-order valence-corrected chi connectivity index (χ1v) is 7.25. The predicted molar refractivity (Wildman–Crippen MR) is 73.2 cm³/mol. The van der Waals surface area contributed by atoms with Gasteiger partial charge < -0.3 is 5.11 Å². The van der Waals surface area contributed by atoms with E-state index in [1.807, 2.05) is 0 Å². The Hall–Kier alpha value is -0.860. The maximum absolute atomic E-state index is 10.5. The molecule has 1 saturated heterocycles. The summed E-state index contributed by atoms with van der Waals surface area (Å²) in [4.78, 5) is 2.51. The van der Waals surface area contributed by atoms with Crippen LogP contribution in [0.4, 0.5) is 0 Å². The van der Waals surface area contributed by atoms with E-state index in [0.717, 1.165) is 25.9 Å². The molecule has 1 N–H and O–H groups in total. The highest BCUT2D eigenvalue weighted by molar-refractivity contribution is 5.14. The molecule has 2 heteroatoms. The van der Waals surface area contributed by atoms with Gasteiger partial charge in [0, 0.05) is 19.0 Å². The molecule has 2 aliphatic rings. The number of aliphatic hydroxyl groups is 1. The maximum Gasteiger partial charge on any atom is 0.0688 e. The molecule has 1 aliphatic carbocycles. The summed E-state index contributed by atoms with van der Waals surface area (Å²) in [7, 11) is 0. The first-order chi connectivity index (χ1) is 8.76. The van der Waals surface area contributed by atoms with E-state index in [9.17, 15) is 5.11 Å². The predicted octanol–water partition coefficient (Wildman–Crippen LogP) is 2.81. The highest BCUT2D eigenvalue weighted by atomic mass is 16.3. The Morgan fingerprint density at radius 3 is 2.61 bits per heavy atom. The zero-order valence-corrected chi connectivity index (χ0v) is 11.0. The van der Waals surface area contributed by atoms with Gasteiger partial charge in [0.1, 0.15) is 0 Å². The van der Waals surface area contributed by atoms with Gasteiger partial charge in [0.15, 0.2) is 0 Å². The van der Waals surface area contributed by atoms with E-state index >= 15 is 0 Å². The molecule has 0 spiro atoms. The van der Waals surface area contributed by atoms with Crippen molar-refractivity contribution >= 4 is 0 Å². The molecule has 18 heavy (non-hydrogen) atoms. The molecule has 0 unspecified atom stereocenters. The third-order valence-corrected chi connectivity index (χ3v) is 4.73. The molecule has 1 atom stereocenters. The Kier molecular flexibility index (Phi) is 3.40. The topological polar surface area (TPSA) is 23.5 Å². The molecule has 3 rings (SSSR count). The van der Waals surface area contributed by atoms with Gasteiger partial charge in [0.05, 0.1) is 5.60 Å². The molecule has 2 fully saturated rings. The fourth-order valence-electron chi connectivity index (χ4n) is 3.43. The van der Waals surface area contributed by atoms with Crippen molar-refractivity contribution in [2.45, 2.75) is 44.2 Å². The highest BCUT2D eigenvalue weighted by Gasteiger charge is 2.43. The van der Waals surface area contributed by atoms with Gasteiger partial charge in [0.25, 0.3) is 0 Å². The van der Waals surface area contributed by atoms with E-state index in [1.54, 1.807) is 0 Å². The average Bonchev–Trinajstić information content (AvgIpc) is 2.37. The second-order valence-corrected chi connectivity index (χ2v) is 6.02. The number of piperidine rings is 1. The summed E-state index contributed by atoms with van der Waals surface area (Å²) in [6.45, 7) is 3.29. The SMILES string of the molecule is OC1([C@H]2CCCN(Cc3ccccc3)C2)CCC1. The van der Waals surface area contributed by atoms with Gasteiger partial charge in [-0.1, -0.05) is 30.3 Å². The second-order valence-electron chi connectivity index (χ2n) is 6.02. The van der Waals surface area contributed by atoms with Crippen molar-refractivity contribution < 1.29 is 5.11 Å². The Labute approximate surface area is 110 Å². The second kappa shape index (κ2) is 5.02. The molecule has 0 radical (unpaired) electrons. The molecule has 2 nitrogen and oxygen atoms in total. The minimum Gasteiger partial charge on any atom is -0.390 e. The number of benzene rings is 1. The summed E-state index contributed by atoms with van der Waals surface area (Å²) < 4.78 is 0. The normalized spacial score (nSPS) is 27.7. The zero-order chi connectivity index (χ0) is 12.4. The third kappa shape index (κ3) is 2.45. The van der Waals surface area contributed by atoms with Gasteiger partial charge in [-0.15, -0.1) is 0 Å². The fourth-order valence-corrected chi connectivity index (χ4v) is 3.43. The number of hydrogen-bond donors (Lipinski definition) is 1. The molecule has 1 heterocycles. The first kappa shape index (κ1) is 12.2. The summed E-state index contributed by atoms with van der Waals surface area (Å²) in [5.41, 5.74) is 1.06. The smallest absolute Gasteiger partial charge is 0.0688 e. The molecule has 1 saturated carbocycles. The van der Waals surface area contributed by atoms with Crippen LogP contribution in [-0.2, 0) is 6.54 Å². The lowest BCUT2D eigenvalue weighted by Gasteiger charge is -2.47. The molecule has 1 aliphatic heterocycles. The Morgan fingerprint density at radius 1 is 1.17 bits per heavy atom. The number of likely N-dealkylation sites (tertiary alicyclic amines) is 1. The van der Waals surface area contributed by atoms with E-state index in [2.05, 4.69) is 35.2 Å². The van der Waals surface area contributed by atoms with E-state index in [1.165, 1.54) is 31.4 Å². The van der Waals surface area contributed by atoms with Gasteiger partial charge in [0.2, 0.25) is 0 Å². The summed E-state index contributed by atoms with van der Waals surface area (Å²) in [5, 5.41) is 10.5. The maximum atomic E-state index is 10.5. The van der Waals surface area contributed by atoms with Crippen LogP contribution in [-0.4, -0.2) is 28.7 Å². The minimum absolute atomic E-state index is 0.324. The van der Waals surface area contributed by atoms with E-state index in [-0.39, 0.29) is 5.60 Å². The number of nitrogens with zero attached hydrogens (tertiary/aromatic N) is 1. The van der Waals surface area contributed by atoms with Gasteiger partial charge in [-0.05, 0) is 44.2 Å². The number of hydrogen-bond acceptors (Lipinski definition) is 2. The summed E-state index contributed by atoms with van der Waals surface area (Å²) in [5.74, 6) is 0.503. The summed E-state index contributed by atoms with van der Waals surface area (Å²) >= 11 is 0. The van der Waals surface area contributed by atoms with Crippen molar-refractivity contribution in [3.8, 4) is 0 Å². The van der Waals surface area contributed by atoms with Crippen molar-refractivity contribution in [1.82, 2.24) is 4.90 Å². The van der Waals surface area contributed by atoms with Crippen molar-refractivity contribution in [2.75, 3.05) is 13.1 Å². The third-order valence-electron chi connectivity index (χ3n) is 4.73. The monoisotopic (exact) mass is 245 g/mol. The standard InChI is InChI=1S/C16H23NO/c18-16(9-5-10-16)15-8-4-11-17(13-15)12-14-6-2-1-3-7-14/h1-3,6-7,15,18H,4-5,8-13H2/t15-/m0/s1. The Balaban J connectivity index is 1.60. The number of rotatable bonds is 3. The van der Waals surface area contributed by atoms with Crippen LogP contribution in [0.5, 0.6) is 0 Å². The van der Waals surface area contributed by atoms with E-state index in [4.69, 9.17) is 0 Å². The van der Waals surface area contributed by atoms with Gasteiger partial charge >= 0.3 is 0 Å². The summed E-state index contributed by atoms with van der Waals surface area (Å²) in [6, 6.07) is 10.7. The van der Waals surface area contributed by atoms with Crippen LogP contribution >= 0.6 is 0 Å². The molecule has 1 aromatic carbocycles. The van der Waals surface area contributed by atoms with Crippen molar-refractivity contribution in [2.24, 2.45) is 5.92 Å².